The minimum Gasteiger partial charge on any atom is -0.497 e. The van der Waals surface area contributed by atoms with Crippen LogP contribution in [0.4, 0.5) is 4.39 Å². The van der Waals surface area contributed by atoms with Crippen LogP contribution in [0.25, 0.3) is 0 Å². The summed E-state index contributed by atoms with van der Waals surface area (Å²) in [5, 5.41) is 3.14. The zero-order valence-electron chi connectivity index (χ0n) is 14.0. The largest absolute Gasteiger partial charge is 0.497 e. The Morgan fingerprint density at radius 1 is 1.21 bits per heavy atom. The molecule has 1 aliphatic carbocycles. The number of ether oxygens (including phenoxy) is 1. The highest BCUT2D eigenvalue weighted by Crippen LogP contribution is 2.47. The highest BCUT2D eigenvalue weighted by Gasteiger charge is 2.44. The smallest absolute Gasteiger partial charge is 0.224 e. The summed E-state index contributed by atoms with van der Waals surface area (Å²) < 4.78 is 18.2. The zero-order valence-corrected chi connectivity index (χ0v) is 14.0. The molecule has 0 heterocycles. The van der Waals surface area contributed by atoms with Crippen molar-refractivity contribution in [3.63, 3.8) is 0 Å². The van der Waals surface area contributed by atoms with Gasteiger partial charge in [0.1, 0.15) is 11.6 Å². The van der Waals surface area contributed by atoms with Gasteiger partial charge < -0.3 is 10.1 Å². The number of benzene rings is 2. The standard InChI is InChI=1S/C20H22FNO2/c1-3-19(14-6-10-16(24-2)11-7-14)22-20(23)18-12-17(18)13-4-8-15(21)9-5-13/h4-11,17-19H,3,12H2,1-2H3,(H,22,23). The average Bonchev–Trinajstić information content (AvgIpc) is 3.41. The van der Waals surface area contributed by atoms with Crippen molar-refractivity contribution in [2.75, 3.05) is 7.11 Å². The number of methoxy groups -OCH3 is 1. The lowest BCUT2D eigenvalue weighted by Crippen LogP contribution is -2.29. The molecular weight excluding hydrogens is 305 g/mol. The fraction of sp³-hybridized carbons (Fsp3) is 0.350. The molecular formula is C20H22FNO2. The van der Waals surface area contributed by atoms with Crippen molar-refractivity contribution in [2.45, 2.75) is 31.7 Å². The Morgan fingerprint density at radius 3 is 2.46 bits per heavy atom. The van der Waals surface area contributed by atoms with Crippen molar-refractivity contribution < 1.29 is 13.9 Å². The number of hydrogen-bond donors (Lipinski definition) is 1. The maximum atomic E-state index is 13.0. The highest BCUT2D eigenvalue weighted by molar-refractivity contribution is 5.83. The molecule has 1 amide bonds. The summed E-state index contributed by atoms with van der Waals surface area (Å²) in [5.74, 6) is 0.832. The highest BCUT2D eigenvalue weighted by atomic mass is 19.1. The molecule has 0 bridgehead atoms. The van der Waals surface area contributed by atoms with Gasteiger partial charge in [-0.3, -0.25) is 4.79 Å². The summed E-state index contributed by atoms with van der Waals surface area (Å²) in [6.07, 6.45) is 1.66. The van der Waals surface area contributed by atoms with Gasteiger partial charge in [0, 0.05) is 5.92 Å². The maximum Gasteiger partial charge on any atom is 0.224 e. The normalized spacial score (nSPS) is 20.3. The first kappa shape index (κ1) is 16.5. The second-order valence-electron chi connectivity index (χ2n) is 6.24. The Bertz CT molecular complexity index is 697. The zero-order chi connectivity index (χ0) is 17.1. The van der Waals surface area contributed by atoms with Crippen LogP contribution in [-0.2, 0) is 4.79 Å². The van der Waals surface area contributed by atoms with Gasteiger partial charge in [0.05, 0.1) is 13.2 Å². The van der Waals surface area contributed by atoms with Gasteiger partial charge in [0.25, 0.3) is 0 Å². The van der Waals surface area contributed by atoms with E-state index in [4.69, 9.17) is 4.74 Å². The Labute approximate surface area is 141 Å². The molecule has 1 saturated carbocycles. The Hall–Kier alpha value is -2.36. The van der Waals surface area contributed by atoms with E-state index in [1.165, 1.54) is 12.1 Å². The fourth-order valence-corrected chi connectivity index (χ4v) is 3.10. The summed E-state index contributed by atoms with van der Waals surface area (Å²) in [7, 11) is 1.64. The van der Waals surface area contributed by atoms with E-state index < -0.39 is 0 Å². The van der Waals surface area contributed by atoms with Crippen LogP contribution in [0.3, 0.4) is 0 Å². The number of carbonyl (C=O) groups excluding carboxylic acids is 1. The third kappa shape index (κ3) is 3.58. The number of rotatable bonds is 6. The van der Waals surface area contributed by atoms with Crippen molar-refractivity contribution in [3.8, 4) is 5.75 Å². The van der Waals surface area contributed by atoms with Crippen LogP contribution in [0, 0.1) is 11.7 Å². The van der Waals surface area contributed by atoms with Crippen LogP contribution in [0.15, 0.2) is 48.5 Å². The van der Waals surface area contributed by atoms with E-state index in [1.807, 2.05) is 24.3 Å². The van der Waals surface area contributed by atoms with Crippen molar-refractivity contribution in [1.29, 1.82) is 0 Å². The van der Waals surface area contributed by atoms with Crippen LogP contribution in [0.1, 0.15) is 42.9 Å². The molecule has 3 unspecified atom stereocenters. The summed E-state index contributed by atoms with van der Waals surface area (Å²) >= 11 is 0. The van der Waals surface area contributed by atoms with Gasteiger partial charge in [-0.05, 0) is 54.2 Å². The third-order valence-corrected chi connectivity index (χ3v) is 4.67. The monoisotopic (exact) mass is 327 g/mol. The lowest BCUT2D eigenvalue weighted by molar-refractivity contribution is -0.123. The number of nitrogens with one attached hydrogen (secondary N) is 1. The first-order valence-electron chi connectivity index (χ1n) is 8.32. The number of hydrogen-bond acceptors (Lipinski definition) is 2. The quantitative estimate of drug-likeness (QED) is 0.863. The number of halogens is 1. The van der Waals surface area contributed by atoms with E-state index in [-0.39, 0.29) is 29.6 Å². The second kappa shape index (κ2) is 7.04. The first-order chi connectivity index (χ1) is 11.6. The van der Waals surface area contributed by atoms with Crippen molar-refractivity contribution >= 4 is 5.91 Å². The van der Waals surface area contributed by atoms with Gasteiger partial charge in [-0.15, -0.1) is 0 Å². The molecule has 24 heavy (non-hydrogen) atoms. The van der Waals surface area contributed by atoms with Crippen molar-refractivity contribution in [1.82, 2.24) is 5.32 Å². The van der Waals surface area contributed by atoms with Gasteiger partial charge in [-0.25, -0.2) is 4.39 Å². The van der Waals surface area contributed by atoms with Gasteiger partial charge in [-0.1, -0.05) is 31.2 Å². The molecule has 2 aromatic carbocycles. The van der Waals surface area contributed by atoms with Gasteiger partial charge in [0.2, 0.25) is 5.91 Å². The molecule has 126 valence electrons. The maximum absolute atomic E-state index is 13.0. The van der Waals surface area contributed by atoms with Crippen LogP contribution >= 0.6 is 0 Å². The Balaban J connectivity index is 1.62. The summed E-state index contributed by atoms with van der Waals surface area (Å²) in [6, 6.07) is 14.2. The molecule has 0 radical (unpaired) electrons. The SMILES string of the molecule is CCC(NC(=O)C1CC1c1ccc(F)cc1)c1ccc(OC)cc1. The molecule has 3 rings (SSSR count). The lowest BCUT2D eigenvalue weighted by atomic mass is 10.0. The molecule has 0 aliphatic heterocycles. The van der Waals surface area contributed by atoms with E-state index in [0.717, 1.165) is 29.7 Å². The molecule has 2 aromatic rings. The molecule has 1 fully saturated rings. The second-order valence-corrected chi connectivity index (χ2v) is 6.24. The average molecular weight is 327 g/mol. The Morgan fingerprint density at radius 2 is 1.88 bits per heavy atom. The van der Waals surface area contributed by atoms with Crippen LogP contribution in [0.5, 0.6) is 5.75 Å². The van der Waals surface area contributed by atoms with E-state index >= 15 is 0 Å². The lowest BCUT2D eigenvalue weighted by Gasteiger charge is -2.18. The van der Waals surface area contributed by atoms with E-state index in [0.29, 0.717) is 0 Å². The van der Waals surface area contributed by atoms with Crippen molar-refractivity contribution in [3.05, 3.63) is 65.5 Å². The molecule has 3 atom stereocenters. The molecule has 0 aromatic heterocycles. The predicted molar refractivity (Wildman–Crippen MR) is 91.4 cm³/mol. The minimum absolute atomic E-state index is 0.00197. The van der Waals surface area contributed by atoms with E-state index in [1.54, 1.807) is 19.2 Å². The first-order valence-corrected chi connectivity index (χ1v) is 8.32. The molecule has 4 heteroatoms. The Kier molecular flexibility index (Phi) is 4.84. The molecule has 1 aliphatic rings. The summed E-state index contributed by atoms with van der Waals surface area (Å²) in [5.41, 5.74) is 2.11. The van der Waals surface area contributed by atoms with Crippen LogP contribution < -0.4 is 10.1 Å². The number of amides is 1. The van der Waals surface area contributed by atoms with Crippen molar-refractivity contribution in [2.24, 2.45) is 5.92 Å². The third-order valence-electron chi connectivity index (χ3n) is 4.67. The summed E-state index contributed by atoms with van der Waals surface area (Å²) in [4.78, 5) is 12.5. The predicted octanol–water partition coefficient (Wildman–Crippen LogP) is 4.21. The topological polar surface area (TPSA) is 38.3 Å². The van der Waals surface area contributed by atoms with Crippen LogP contribution in [-0.4, -0.2) is 13.0 Å². The number of carbonyl (C=O) groups is 1. The van der Waals surface area contributed by atoms with E-state index in [9.17, 15) is 9.18 Å². The van der Waals surface area contributed by atoms with Gasteiger partial charge in [0.15, 0.2) is 0 Å². The molecule has 0 saturated heterocycles. The molecule has 1 N–H and O–H groups in total. The van der Waals surface area contributed by atoms with Gasteiger partial charge >= 0.3 is 0 Å². The van der Waals surface area contributed by atoms with Crippen LogP contribution in [0.2, 0.25) is 0 Å². The summed E-state index contributed by atoms with van der Waals surface area (Å²) in [6.45, 7) is 2.06. The molecule has 3 nitrogen and oxygen atoms in total. The molecule has 0 spiro atoms. The van der Waals surface area contributed by atoms with Gasteiger partial charge in [-0.2, -0.15) is 0 Å². The van der Waals surface area contributed by atoms with E-state index in [2.05, 4.69) is 12.2 Å². The fourth-order valence-electron chi connectivity index (χ4n) is 3.10. The minimum atomic E-state index is -0.244.